The zero-order valence-electron chi connectivity index (χ0n) is 12.7. The lowest BCUT2D eigenvalue weighted by atomic mass is 9.86. The summed E-state index contributed by atoms with van der Waals surface area (Å²) in [5.41, 5.74) is 2.59. The van der Waals surface area contributed by atoms with Gasteiger partial charge in [-0.15, -0.1) is 0 Å². The van der Waals surface area contributed by atoms with Gasteiger partial charge in [0.25, 0.3) is 0 Å². The van der Waals surface area contributed by atoms with Crippen molar-refractivity contribution < 1.29 is 4.79 Å². The van der Waals surface area contributed by atoms with Crippen molar-refractivity contribution in [2.45, 2.75) is 52.5 Å². The molecule has 0 saturated heterocycles. The van der Waals surface area contributed by atoms with Crippen LogP contribution in [-0.2, 0) is 5.41 Å². The van der Waals surface area contributed by atoms with Crippen molar-refractivity contribution in [1.82, 2.24) is 10.6 Å². The van der Waals surface area contributed by atoms with Gasteiger partial charge in [-0.05, 0) is 29.9 Å². The van der Waals surface area contributed by atoms with Gasteiger partial charge in [-0.2, -0.15) is 0 Å². The molecule has 2 N–H and O–H groups in total. The van der Waals surface area contributed by atoms with Gasteiger partial charge in [0.2, 0.25) is 0 Å². The van der Waals surface area contributed by atoms with E-state index in [0.29, 0.717) is 6.54 Å². The van der Waals surface area contributed by atoms with Gasteiger partial charge in [0.1, 0.15) is 0 Å². The third kappa shape index (κ3) is 4.93. The van der Waals surface area contributed by atoms with E-state index in [1.165, 1.54) is 5.56 Å². The van der Waals surface area contributed by atoms with E-state index in [-0.39, 0.29) is 17.5 Å². The van der Waals surface area contributed by atoms with Gasteiger partial charge in [0.05, 0.1) is 6.04 Å². The number of urea groups is 1. The third-order valence-electron chi connectivity index (χ3n) is 3.16. The minimum absolute atomic E-state index is 0.0193. The summed E-state index contributed by atoms with van der Waals surface area (Å²) in [7, 11) is 0. The summed E-state index contributed by atoms with van der Waals surface area (Å²) in [4.78, 5) is 11.6. The highest BCUT2D eigenvalue weighted by Gasteiger charge is 2.14. The highest BCUT2D eigenvalue weighted by atomic mass is 16.2. The molecular formula is C16H26N2O. The van der Waals surface area contributed by atoms with E-state index in [1.54, 1.807) is 0 Å². The Kier molecular flexibility index (Phi) is 5.40. The first-order chi connectivity index (χ1) is 8.84. The molecule has 2 amide bonds. The SMILES string of the molecule is CCCNC(=O)N[C@H](C)c1ccc(C(C)(C)C)cc1. The zero-order valence-corrected chi connectivity index (χ0v) is 12.7. The lowest BCUT2D eigenvalue weighted by Gasteiger charge is -2.20. The molecule has 1 rings (SSSR count). The summed E-state index contributed by atoms with van der Waals surface area (Å²) in [6.07, 6.45) is 0.947. The van der Waals surface area contributed by atoms with Gasteiger partial charge in [0, 0.05) is 6.54 Å². The van der Waals surface area contributed by atoms with Crippen LogP contribution in [0.3, 0.4) is 0 Å². The van der Waals surface area contributed by atoms with Crippen LogP contribution >= 0.6 is 0 Å². The first-order valence-corrected chi connectivity index (χ1v) is 6.99. The maximum absolute atomic E-state index is 11.6. The first-order valence-electron chi connectivity index (χ1n) is 6.99. The normalized spacial score (nSPS) is 12.9. The van der Waals surface area contributed by atoms with Crippen LogP contribution in [-0.4, -0.2) is 12.6 Å². The Balaban J connectivity index is 2.63. The van der Waals surface area contributed by atoms with Crippen LogP contribution in [0.4, 0.5) is 4.79 Å². The smallest absolute Gasteiger partial charge is 0.315 e. The summed E-state index contributed by atoms with van der Waals surface area (Å²) in [5, 5.41) is 5.76. The number of amides is 2. The Morgan fingerprint density at radius 2 is 1.79 bits per heavy atom. The van der Waals surface area contributed by atoms with Crippen LogP contribution < -0.4 is 10.6 Å². The molecule has 0 fully saturated rings. The molecule has 0 heterocycles. The summed E-state index contributed by atoms with van der Waals surface area (Å²) in [6.45, 7) is 11.3. The number of carbonyl (C=O) groups is 1. The van der Waals surface area contributed by atoms with Gasteiger partial charge >= 0.3 is 6.03 Å². The van der Waals surface area contributed by atoms with Crippen LogP contribution in [0.1, 0.15) is 58.2 Å². The minimum Gasteiger partial charge on any atom is -0.338 e. The number of hydrogen-bond acceptors (Lipinski definition) is 1. The van der Waals surface area contributed by atoms with Gasteiger partial charge in [-0.1, -0.05) is 52.0 Å². The Bertz CT molecular complexity index is 404. The van der Waals surface area contributed by atoms with Crippen molar-refractivity contribution in [3.63, 3.8) is 0 Å². The number of hydrogen-bond donors (Lipinski definition) is 2. The van der Waals surface area contributed by atoms with E-state index >= 15 is 0 Å². The second-order valence-corrected chi connectivity index (χ2v) is 5.99. The molecule has 0 radical (unpaired) electrons. The summed E-state index contributed by atoms with van der Waals surface area (Å²) in [5.74, 6) is 0. The molecule has 19 heavy (non-hydrogen) atoms. The average molecular weight is 262 g/mol. The number of carbonyl (C=O) groups excluding carboxylic acids is 1. The molecule has 0 saturated carbocycles. The molecular weight excluding hydrogens is 236 g/mol. The Morgan fingerprint density at radius 1 is 1.21 bits per heavy atom. The molecule has 0 aromatic heterocycles. The molecule has 1 atom stereocenters. The number of rotatable bonds is 4. The maximum atomic E-state index is 11.6. The monoisotopic (exact) mass is 262 g/mol. The van der Waals surface area contributed by atoms with Gasteiger partial charge in [0.15, 0.2) is 0 Å². The topological polar surface area (TPSA) is 41.1 Å². The predicted octanol–water partition coefficient (Wildman–Crippen LogP) is 3.75. The summed E-state index contributed by atoms with van der Waals surface area (Å²) in [6, 6.07) is 8.37. The fourth-order valence-corrected chi connectivity index (χ4v) is 1.84. The van der Waals surface area contributed by atoms with Crippen molar-refractivity contribution in [3.8, 4) is 0 Å². The maximum Gasteiger partial charge on any atom is 0.315 e. The van der Waals surface area contributed by atoms with Gasteiger partial charge in [-0.25, -0.2) is 4.79 Å². The minimum atomic E-state index is -0.103. The van der Waals surface area contributed by atoms with Crippen molar-refractivity contribution in [2.75, 3.05) is 6.54 Å². The van der Waals surface area contributed by atoms with Crippen molar-refractivity contribution >= 4 is 6.03 Å². The molecule has 0 aliphatic heterocycles. The highest BCUT2D eigenvalue weighted by molar-refractivity contribution is 5.74. The van der Waals surface area contributed by atoms with Crippen LogP contribution in [0.15, 0.2) is 24.3 Å². The fourth-order valence-electron chi connectivity index (χ4n) is 1.84. The Hall–Kier alpha value is -1.51. The Labute approximate surface area is 116 Å². The molecule has 3 nitrogen and oxygen atoms in total. The van der Waals surface area contributed by atoms with E-state index in [9.17, 15) is 4.79 Å². The number of benzene rings is 1. The second kappa shape index (κ2) is 6.60. The first kappa shape index (κ1) is 15.5. The van der Waals surface area contributed by atoms with Gasteiger partial charge in [-0.3, -0.25) is 0 Å². The molecule has 1 aromatic rings. The lowest BCUT2D eigenvalue weighted by Crippen LogP contribution is -2.37. The third-order valence-corrected chi connectivity index (χ3v) is 3.16. The molecule has 0 aliphatic carbocycles. The molecule has 0 aliphatic rings. The zero-order chi connectivity index (χ0) is 14.5. The van der Waals surface area contributed by atoms with E-state index in [4.69, 9.17) is 0 Å². The van der Waals surface area contributed by atoms with E-state index in [1.807, 2.05) is 13.8 Å². The second-order valence-electron chi connectivity index (χ2n) is 5.99. The molecule has 1 aromatic carbocycles. The fraction of sp³-hybridized carbons (Fsp3) is 0.562. The van der Waals surface area contributed by atoms with Crippen LogP contribution in [0.5, 0.6) is 0 Å². The summed E-state index contributed by atoms with van der Waals surface area (Å²) < 4.78 is 0. The molecule has 0 spiro atoms. The molecule has 0 bridgehead atoms. The number of nitrogens with one attached hydrogen (secondary N) is 2. The molecule has 106 valence electrons. The predicted molar refractivity (Wildman–Crippen MR) is 80.4 cm³/mol. The van der Waals surface area contributed by atoms with Crippen LogP contribution in [0.2, 0.25) is 0 Å². The quantitative estimate of drug-likeness (QED) is 0.852. The lowest BCUT2D eigenvalue weighted by molar-refractivity contribution is 0.238. The van der Waals surface area contributed by atoms with E-state index < -0.39 is 0 Å². The summed E-state index contributed by atoms with van der Waals surface area (Å²) >= 11 is 0. The highest BCUT2D eigenvalue weighted by Crippen LogP contribution is 2.23. The largest absolute Gasteiger partial charge is 0.338 e. The van der Waals surface area contributed by atoms with Crippen LogP contribution in [0.25, 0.3) is 0 Å². The molecule has 0 unspecified atom stereocenters. The van der Waals surface area contributed by atoms with Gasteiger partial charge < -0.3 is 10.6 Å². The van der Waals surface area contributed by atoms with E-state index in [0.717, 1.165) is 12.0 Å². The van der Waals surface area contributed by atoms with Crippen molar-refractivity contribution in [3.05, 3.63) is 35.4 Å². The van der Waals surface area contributed by atoms with Crippen LogP contribution in [0, 0.1) is 0 Å². The Morgan fingerprint density at radius 3 is 2.26 bits per heavy atom. The average Bonchev–Trinajstić information content (AvgIpc) is 2.35. The van der Waals surface area contributed by atoms with Crippen molar-refractivity contribution in [1.29, 1.82) is 0 Å². The van der Waals surface area contributed by atoms with E-state index in [2.05, 4.69) is 55.7 Å². The van der Waals surface area contributed by atoms with Crippen molar-refractivity contribution in [2.24, 2.45) is 0 Å². The molecule has 3 heteroatoms. The standard InChI is InChI=1S/C16H26N2O/c1-6-11-17-15(19)18-12(2)13-7-9-14(10-8-13)16(3,4)5/h7-10,12H,6,11H2,1-5H3,(H2,17,18,19)/t12-/m1/s1.